The summed E-state index contributed by atoms with van der Waals surface area (Å²) in [6.45, 7) is 4.40. The van der Waals surface area contributed by atoms with Gasteiger partial charge in [0.25, 0.3) is 0 Å². The van der Waals surface area contributed by atoms with Crippen molar-refractivity contribution < 1.29 is 61.8 Å². The van der Waals surface area contributed by atoms with Crippen molar-refractivity contribution in [2.75, 3.05) is 104 Å². The Morgan fingerprint density at radius 3 is 0.897 bits per heavy atom. The second kappa shape index (κ2) is 37.4. The molecule has 22 heteroatoms. The van der Waals surface area contributed by atoms with Crippen LogP contribution in [-0.2, 0) is 19.2 Å². The monoisotopic (exact) mass is 1570 g/mol. The van der Waals surface area contributed by atoms with E-state index in [-0.39, 0.29) is 47.3 Å². The van der Waals surface area contributed by atoms with Gasteiger partial charge in [0, 0.05) is 121 Å². The number of nitrogens with zero attached hydrogens (tertiary/aromatic N) is 5. The lowest BCUT2D eigenvalue weighted by Crippen LogP contribution is -2.24. The molecule has 12 aromatic rings. The highest BCUT2D eigenvalue weighted by molar-refractivity contribution is 5.99. The summed E-state index contributed by atoms with van der Waals surface area (Å²) in [6, 6.07) is 86.8. The molecule has 0 spiro atoms. The fraction of sp³-hybridized carbons (Fsp3) is 0.189. The van der Waals surface area contributed by atoms with Gasteiger partial charge in [0.1, 0.15) is 23.3 Å². The Bertz CT molecular complexity index is 5590. The van der Waals surface area contributed by atoms with Crippen LogP contribution < -0.4 is 85.2 Å². The van der Waals surface area contributed by atoms with E-state index in [1.165, 1.54) is 5.56 Å². The van der Waals surface area contributed by atoms with Crippen LogP contribution in [0.2, 0.25) is 0 Å². The van der Waals surface area contributed by atoms with Crippen LogP contribution in [0.5, 0.6) is 74.7 Å². The largest absolute Gasteiger partial charge is 0.493 e. The molecule has 594 valence electrons. The molecule has 22 nitrogen and oxygen atoms in total. The second-order valence-corrected chi connectivity index (χ2v) is 28.4. The number of rotatable bonds is 21. The summed E-state index contributed by atoms with van der Waals surface area (Å²) in [7, 11) is 8.01. The molecule has 16 rings (SSSR count). The molecule has 0 bridgehead atoms. The van der Waals surface area contributed by atoms with Crippen LogP contribution in [0.15, 0.2) is 273 Å². The van der Waals surface area contributed by atoms with Gasteiger partial charge in [0.2, 0.25) is 23.6 Å². The summed E-state index contributed by atoms with van der Waals surface area (Å²) < 4.78 is 51.4. The molecule has 12 aromatic carbocycles. The van der Waals surface area contributed by atoms with E-state index in [9.17, 15) is 24.4 Å². The lowest BCUT2D eigenvalue weighted by atomic mass is 9.98. The molecule has 4 aliphatic heterocycles. The minimum absolute atomic E-state index is 0.0124. The number of carbonyl (C=O) groups is 4. The minimum atomic E-state index is 0.0124. The van der Waals surface area contributed by atoms with Crippen LogP contribution in [0.4, 0.5) is 45.5 Å². The molecule has 117 heavy (non-hydrogen) atoms. The number of benzene rings is 12. The van der Waals surface area contributed by atoms with Crippen molar-refractivity contribution in [1.82, 2.24) is 0 Å². The molecule has 8 N–H and O–H groups in total. The highest BCUT2D eigenvalue weighted by Gasteiger charge is 2.37. The Kier molecular flexibility index (Phi) is 25.7. The number of carbonyl (C=O) groups excluding carboxylic acids is 4. The van der Waals surface area contributed by atoms with Crippen LogP contribution >= 0.6 is 0 Å². The molecule has 0 aromatic heterocycles. The number of ether oxygens (including phenoxy) is 9. The Morgan fingerprint density at radius 2 is 0.573 bits per heavy atom. The van der Waals surface area contributed by atoms with Crippen molar-refractivity contribution in [2.24, 2.45) is 0 Å². The van der Waals surface area contributed by atoms with Crippen LogP contribution in [0.1, 0.15) is 82.7 Å². The molecule has 0 radical (unpaired) electrons. The average Bonchev–Trinajstić information content (AvgIpc) is 1.65. The summed E-state index contributed by atoms with van der Waals surface area (Å²) in [4.78, 5) is 57.7. The van der Waals surface area contributed by atoms with E-state index in [0.29, 0.717) is 143 Å². The SMILES string of the molecule is COc1ccc(C2CC(=O)N(c3cccc(N)c3)C2)cc1Oc1ccc(C)cc1.COc1ccc(C2CC(=O)N(c3cccc(N)c3)C2)cc1Oc1ccccc1.COc1ccc(C2CC(=O)N(c3cccc(N)c3)C2)cc1Oc1ccccc1C#N.COc1ccccc1Oc1cc(C2CC(=O)N(c3cccc(N)c3)C2)ccc1OC. The summed E-state index contributed by atoms with van der Waals surface area (Å²) in [5.41, 5.74) is 35.1. The lowest BCUT2D eigenvalue weighted by molar-refractivity contribution is -0.118. The fourth-order valence-corrected chi connectivity index (χ4v) is 14.5. The number of nitriles is 1. The van der Waals surface area contributed by atoms with E-state index >= 15 is 0 Å². The summed E-state index contributed by atoms with van der Waals surface area (Å²) in [5, 5.41) is 9.32. The molecule has 4 atom stereocenters. The number of hydrogen-bond acceptors (Lipinski definition) is 18. The summed E-state index contributed by atoms with van der Waals surface area (Å²) in [6.07, 6.45) is 1.72. The minimum Gasteiger partial charge on any atom is -0.493 e. The van der Waals surface area contributed by atoms with Crippen molar-refractivity contribution in [3.63, 3.8) is 0 Å². The van der Waals surface area contributed by atoms with Crippen molar-refractivity contribution in [3.05, 3.63) is 306 Å². The number of aryl methyl sites for hydroxylation is 1. The van der Waals surface area contributed by atoms with Crippen molar-refractivity contribution in [2.45, 2.75) is 56.3 Å². The molecule has 4 amide bonds. The molecule has 4 heterocycles. The first-order valence-electron chi connectivity index (χ1n) is 38.2. The number of anilines is 8. The van der Waals surface area contributed by atoms with E-state index in [1.807, 2.05) is 256 Å². The summed E-state index contributed by atoms with van der Waals surface area (Å²) in [5.74, 6) is 8.56. The highest BCUT2D eigenvalue weighted by Crippen LogP contribution is 2.45. The third-order valence-corrected chi connectivity index (χ3v) is 20.6. The zero-order chi connectivity index (χ0) is 82.1. The standard InChI is InChI=1S/C24H21N3O3.C24H24N2O4.C24H24N2O3.C23H22N2O3/c1-29-22-10-9-16(11-23(22)30-21-8-3-2-5-17(21)14-25)18-12-24(28)27(15-18)20-7-4-6-19(26)13-20;1-28-20-8-3-4-9-22(20)30-23-12-16(10-11-21(23)29-2)17-13-24(27)26(15-17)19-7-5-6-18(25)14-19;1-16-6-9-21(10-7-16)29-23-12-17(8-11-22(23)28-2)18-13-24(27)26(15-18)20-5-3-4-19(25)14-20;1-27-21-11-10-16(12-22(21)28-20-8-3-2-4-9-20)17-13-23(26)25(15-17)19-7-5-6-18(24)14-19/h2-11,13,18H,12,15,26H2,1H3;3-12,14,17H,13,15,25H2,1-2H3;3-12,14,18H,13,15,25H2,1-2H3;2-12,14,17H,13,15,24H2,1H3. The van der Waals surface area contributed by atoms with Gasteiger partial charge in [-0.25, -0.2) is 0 Å². The van der Waals surface area contributed by atoms with E-state index in [4.69, 9.17) is 65.6 Å². The van der Waals surface area contributed by atoms with Crippen LogP contribution in [0, 0.1) is 18.3 Å². The van der Waals surface area contributed by atoms with Gasteiger partial charge < -0.3 is 85.2 Å². The third-order valence-electron chi connectivity index (χ3n) is 20.6. The molecule has 0 saturated carbocycles. The first kappa shape index (κ1) is 80.5. The van der Waals surface area contributed by atoms with Crippen LogP contribution in [-0.4, -0.2) is 85.4 Å². The quantitative estimate of drug-likeness (QED) is 0.0486. The van der Waals surface area contributed by atoms with Gasteiger partial charge in [-0.1, -0.05) is 109 Å². The zero-order valence-corrected chi connectivity index (χ0v) is 65.8. The van der Waals surface area contributed by atoms with Crippen LogP contribution in [0.3, 0.4) is 0 Å². The first-order valence-corrected chi connectivity index (χ1v) is 38.2. The lowest BCUT2D eigenvalue weighted by Gasteiger charge is -2.18. The predicted molar refractivity (Wildman–Crippen MR) is 456 cm³/mol. The van der Waals surface area contributed by atoms with E-state index in [1.54, 1.807) is 79.4 Å². The van der Waals surface area contributed by atoms with Crippen molar-refractivity contribution in [3.8, 4) is 80.8 Å². The van der Waals surface area contributed by atoms with Crippen molar-refractivity contribution >= 4 is 69.1 Å². The maximum Gasteiger partial charge on any atom is 0.227 e. The number of methoxy groups -OCH3 is 5. The predicted octanol–water partition coefficient (Wildman–Crippen LogP) is 18.5. The molecule has 0 aliphatic carbocycles. The Balaban J connectivity index is 0.000000136. The highest BCUT2D eigenvalue weighted by atomic mass is 16.5. The topological polar surface area (TPSA) is 292 Å². The fourth-order valence-electron chi connectivity index (χ4n) is 14.5. The number of hydrogen-bond donors (Lipinski definition) is 4. The van der Waals surface area contributed by atoms with Gasteiger partial charge in [-0.2, -0.15) is 5.26 Å². The molecule has 4 fully saturated rings. The van der Waals surface area contributed by atoms with Gasteiger partial charge in [-0.15, -0.1) is 0 Å². The molecular weight excluding hydrogens is 1480 g/mol. The van der Waals surface area contributed by atoms with E-state index in [0.717, 1.165) is 56.5 Å². The molecule has 4 saturated heterocycles. The average molecular weight is 1570 g/mol. The normalized spacial score (nSPS) is 16.0. The Morgan fingerprint density at radius 1 is 0.291 bits per heavy atom. The van der Waals surface area contributed by atoms with Gasteiger partial charge >= 0.3 is 0 Å². The maximum atomic E-state index is 12.7. The Labute approximate surface area is 680 Å². The van der Waals surface area contributed by atoms with Gasteiger partial charge in [0.05, 0.1) is 41.1 Å². The second-order valence-electron chi connectivity index (χ2n) is 28.4. The summed E-state index contributed by atoms with van der Waals surface area (Å²) >= 11 is 0. The smallest absolute Gasteiger partial charge is 0.227 e. The maximum absolute atomic E-state index is 12.7. The number of nitrogen functional groups attached to an aromatic ring is 4. The molecule has 4 aliphatic rings. The van der Waals surface area contributed by atoms with Crippen LogP contribution in [0.25, 0.3) is 0 Å². The van der Waals surface area contributed by atoms with E-state index in [2.05, 4.69) is 6.07 Å². The molecule has 4 unspecified atom stereocenters. The van der Waals surface area contributed by atoms with Gasteiger partial charge in [-0.05, 0) is 199 Å². The number of para-hydroxylation sites is 4. The Hall–Kier alpha value is -14.6. The zero-order valence-electron chi connectivity index (χ0n) is 65.8. The van der Waals surface area contributed by atoms with Gasteiger partial charge in [-0.3, -0.25) is 19.2 Å². The number of amides is 4. The first-order chi connectivity index (χ1) is 56.8. The van der Waals surface area contributed by atoms with Crippen molar-refractivity contribution in [1.29, 1.82) is 5.26 Å². The molecular formula is C95H91N9O13. The van der Waals surface area contributed by atoms with E-state index < -0.39 is 0 Å². The number of nitrogens with two attached hydrogens (primary N) is 4. The van der Waals surface area contributed by atoms with Gasteiger partial charge in [0.15, 0.2) is 57.5 Å². The third kappa shape index (κ3) is 19.7.